The molecule has 3 nitrogen and oxygen atoms in total. The van der Waals surface area contributed by atoms with Crippen LogP contribution in [0.3, 0.4) is 0 Å². The summed E-state index contributed by atoms with van der Waals surface area (Å²) < 4.78 is 6.78. The van der Waals surface area contributed by atoms with Gasteiger partial charge in [-0.1, -0.05) is 0 Å². The van der Waals surface area contributed by atoms with Gasteiger partial charge in [-0.2, -0.15) is 0 Å². The number of carbonyl (C=O) groups excluding carboxylic acids is 1. The average molecular weight is 385 g/mol. The summed E-state index contributed by atoms with van der Waals surface area (Å²) in [5, 5.41) is 2.80. The molecular formula is C11H12Br2ClNO2. The zero-order valence-electron chi connectivity index (χ0n) is 9.23. The van der Waals surface area contributed by atoms with E-state index in [1.54, 1.807) is 13.2 Å². The maximum atomic E-state index is 11.6. The monoisotopic (exact) mass is 383 g/mol. The van der Waals surface area contributed by atoms with Gasteiger partial charge in [0.15, 0.2) is 0 Å². The molecule has 0 saturated heterocycles. The molecule has 0 atom stereocenters. The highest BCUT2D eigenvalue weighted by Gasteiger charge is 2.09. The van der Waals surface area contributed by atoms with Crippen LogP contribution in [0.1, 0.15) is 12.8 Å². The standard InChI is InChI=1S/C11H12Br2ClNO2/c1-17-10-6-9(7(12)5-8(10)13)15-11(16)3-2-4-14/h5-6H,2-4H2,1H3,(H,15,16). The average Bonchev–Trinajstić information content (AvgIpc) is 2.30. The largest absolute Gasteiger partial charge is 0.495 e. The van der Waals surface area contributed by atoms with E-state index in [0.29, 0.717) is 30.2 Å². The first-order valence-electron chi connectivity index (χ1n) is 4.97. The van der Waals surface area contributed by atoms with Gasteiger partial charge in [-0.05, 0) is 44.3 Å². The lowest BCUT2D eigenvalue weighted by atomic mass is 10.2. The molecule has 0 fully saturated rings. The lowest BCUT2D eigenvalue weighted by Crippen LogP contribution is -2.11. The normalized spacial score (nSPS) is 10.1. The molecule has 0 spiro atoms. The summed E-state index contributed by atoms with van der Waals surface area (Å²) in [7, 11) is 1.58. The maximum absolute atomic E-state index is 11.6. The number of halogens is 3. The minimum atomic E-state index is -0.0595. The molecule has 0 saturated carbocycles. The number of rotatable bonds is 5. The Labute approximate surface area is 122 Å². The number of hydrogen-bond donors (Lipinski definition) is 1. The Morgan fingerprint density at radius 1 is 1.41 bits per heavy atom. The van der Waals surface area contributed by atoms with Crippen LogP contribution in [0.4, 0.5) is 5.69 Å². The van der Waals surface area contributed by atoms with Gasteiger partial charge in [0.25, 0.3) is 0 Å². The van der Waals surface area contributed by atoms with Gasteiger partial charge < -0.3 is 10.1 Å². The number of amides is 1. The molecule has 1 amide bonds. The molecule has 6 heteroatoms. The topological polar surface area (TPSA) is 38.3 Å². The maximum Gasteiger partial charge on any atom is 0.224 e. The number of alkyl halides is 1. The van der Waals surface area contributed by atoms with Crippen LogP contribution in [-0.4, -0.2) is 18.9 Å². The third-order valence-electron chi connectivity index (χ3n) is 2.05. The SMILES string of the molecule is COc1cc(NC(=O)CCCCl)c(Br)cc1Br. The number of nitrogens with one attached hydrogen (secondary N) is 1. The van der Waals surface area contributed by atoms with Crippen molar-refractivity contribution in [2.45, 2.75) is 12.8 Å². The number of ether oxygens (including phenoxy) is 1. The van der Waals surface area contributed by atoms with E-state index in [9.17, 15) is 4.79 Å². The summed E-state index contributed by atoms with van der Waals surface area (Å²) in [5.41, 5.74) is 0.685. The number of anilines is 1. The molecule has 0 aliphatic rings. The second kappa shape index (κ2) is 7.24. The molecule has 0 aliphatic carbocycles. The van der Waals surface area contributed by atoms with Crippen LogP contribution in [0.25, 0.3) is 0 Å². The number of carbonyl (C=O) groups is 1. The molecule has 0 radical (unpaired) electrons. The van der Waals surface area contributed by atoms with Crippen LogP contribution in [0.5, 0.6) is 5.75 Å². The smallest absolute Gasteiger partial charge is 0.224 e. The molecule has 1 aromatic carbocycles. The van der Waals surface area contributed by atoms with E-state index < -0.39 is 0 Å². The second-order valence-corrected chi connectivity index (χ2v) is 5.39. The Morgan fingerprint density at radius 3 is 2.71 bits per heavy atom. The van der Waals surface area contributed by atoms with Crippen molar-refractivity contribution in [3.8, 4) is 5.75 Å². The van der Waals surface area contributed by atoms with Gasteiger partial charge in [-0.25, -0.2) is 0 Å². The molecule has 0 aliphatic heterocycles. The molecular weight excluding hydrogens is 373 g/mol. The van der Waals surface area contributed by atoms with Crippen molar-refractivity contribution in [2.24, 2.45) is 0 Å². The van der Waals surface area contributed by atoms with Crippen LogP contribution < -0.4 is 10.1 Å². The van der Waals surface area contributed by atoms with Crippen molar-refractivity contribution in [2.75, 3.05) is 18.3 Å². The fraction of sp³-hybridized carbons (Fsp3) is 0.364. The van der Waals surface area contributed by atoms with Crippen LogP contribution in [0, 0.1) is 0 Å². The lowest BCUT2D eigenvalue weighted by Gasteiger charge is -2.10. The van der Waals surface area contributed by atoms with Gasteiger partial charge >= 0.3 is 0 Å². The van der Waals surface area contributed by atoms with Crippen LogP contribution in [0.2, 0.25) is 0 Å². The predicted octanol–water partition coefficient (Wildman–Crippen LogP) is 4.18. The Balaban J connectivity index is 2.80. The van der Waals surface area contributed by atoms with Crippen LogP contribution in [-0.2, 0) is 4.79 Å². The molecule has 0 bridgehead atoms. The minimum Gasteiger partial charge on any atom is -0.495 e. The molecule has 1 rings (SSSR count). The summed E-state index contributed by atoms with van der Waals surface area (Å²) in [4.78, 5) is 11.6. The molecule has 0 aromatic heterocycles. The van der Waals surface area contributed by atoms with Crippen molar-refractivity contribution in [3.63, 3.8) is 0 Å². The molecule has 0 heterocycles. The third-order valence-corrected chi connectivity index (χ3v) is 3.60. The van der Waals surface area contributed by atoms with Gasteiger partial charge in [0, 0.05) is 22.8 Å². The third kappa shape index (κ3) is 4.48. The zero-order chi connectivity index (χ0) is 12.8. The van der Waals surface area contributed by atoms with Gasteiger partial charge in [0.2, 0.25) is 5.91 Å². The van der Waals surface area contributed by atoms with E-state index in [-0.39, 0.29) is 5.91 Å². The van der Waals surface area contributed by atoms with E-state index in [1.165, 1.54) is 0 Å². The van der Waals surface area contributed by atoms with E-state index in [2.05, 4.69) is 37.2 Å². The van der Waals surface area contributed by atoms with E-state index in [1.807, 2.05) is 6.07 Å². The Kier molecular flexibility index (Phi) is 6.30. The van der Waals surface area contributed by atoms with Crippen molar-refractivity contribution in [1.29, 1.82) is 0 Å². The highest BCUT2D eigenvalue weighted by Crippen LogP contribution is 2.34. The lowest BCUT2D eigenvalue weighted by molar-refractivity contribution is -0.116. The van der Waals surface area contributed by atoms with E-state index >= 15 is 0 Å². The van der Waals surface area contributed by atoms with Gasteiger partial charge in [-0.3, -0.25) is 4.79 Å². The fourth-order valence-corrected chi connectivity index (χ4v) is 2.61. The fourth-order valence-electron chi connectivity index (χ4n) is 1.22. The summed E-state index contributed by atoms with van der Waals surface area (Å²) in [6.45, 7) is 0. The van der Waals surface area contributed by atoms with Crippen molar-refractivity contribution < 1.29 is 9.53 Å². The van der Waals surface area contributed by atoms with E-state index in [0.717, 1.165) is 8.95 Å². The number of benzene rings is 1. The second-order valence-electron chi connectivity index (χ2n) is 3.31. The first kappa shape index (κ1) is 14.8. The molecule has 0 unspecified atom stereocenters. The van der Waals surface area contributed by atoms with Gasteiger partial charge in [-0.15, -0.1) is 11.6 Å². The number of hydrogen-bond acceptors (Lipinski definition) is 2. The van der Waals surface area contributed by atoms with Gasteiger partial charge in [0.1, 0.15) is 5.75 Å². The minimum absolute atomic E-state index is 0.0595. The first-order chi connectivity index (χ1) is 8.08. The van der Waals surface area contributed by atoms with Crippen molar-refractivity contribution in [3.05, 3.63) is 21.1 Å². The molecule has 1 N–H and O–H groups in total. The summed E-state index contributed by atoms with van der Waals surface area (Å²) in [6, 6.07) is 3.59. The van der Waals surface area contributed by atoms with Crippen LogP contribution in [0.15, 0.2) is 21.1 Å². The Bertz CT molecular complexity index is 413. The van der Waals surface area contributed by atoms with E-state index in [4.69, 9.17) is 16.3 Å². The van der Waals surface area contributed by atoms with Crippen molar-refractivity contribution in [1.82, 2.24) is 0 Å². The predicted molar refractivity (Wildman–Crippen MR) is 77.0 cm³/mol. The Morgan fingerprint density at radius 2 is 2.12 bits per heavy atom. The van der Waals surface area contributed by atoms with Crippen LogP contribution >= 0.6 is 43.5 Å². The molecule has 1 aromatic rings. The Hall–Kier alpha value is -0.260. The van der Waals surface area contributed by atoms with Crippen molar-refractivity contribution >= 4 is 55.1 Å². The van der Waals surface area contributed by atoms with Gasteiger partial charge in [0.05, 0.1) is 17.3 Å². The number of methoxy groups -OCH3 is 1. The molecule has 94 valence electrons. The molecule has 17 heavy (non-hydrogen) atoms. The summed E-state index contributed by atoms with van der Waals surface area (Å²) in [5.74, 6) is 1.09. The highest BCUT2D eigenvalue weighted by molar-refractivity contribution is 9.11. The zero-order valence-corrected chi connectivity index (χ0v) is 13.2. The summed E-state index contributed by atoms with van der Waals surface area (Å²) in [6.07, 6.45) is 1.08. The quantitative estimate of drug-likeness (QED) is 0.773. The summed E-state index contributed by atoms with van der Waals surface area (Å²) >= 11 is 12.3. The highest BCUT2D eigenvalue weighted by atomic mass is 79.9. The first-order valence-corrected chi connectivity index (χ1v) is 7.09.